The molecule has 2 aromatic rings. The fourth-order valence-electron chi connectivity index (χ4n) is 2.32. The van der Waals surface area contributed by atoms with E-state index in [4.69, 9.17) is 0 Å². The second-order valence-electron chi connectivity index (χ2n) is 5.33. The van der Waals surface area contributed by atoms with E-state index in [9.17, 15) is 13.2 Å². The zero-order chi connectivity index (χ0) is 17.4. The van der Waals surface area contributed by atoms with Gasteiger partial charge in [0, 0.05) is 26.2 Å². The molecule has 7 heteroatoms. The standard InChI is InChI=1S/C18H20F3N3.HI/c1-22-18(23-7-5-13-3-2-4-15(19)9-13)24-8-6-14-10-16(20)12-17(21)11-14;/h2-4,9-12H,5-8H2,1H3,(H2,22,23,24);1H. The van der Waals surface area contributed by atoms with Crippen molar-refractivity contribution < 1.29 is 13.2 Å². The third kappa shape index (κ3) is 7.76. The fourth-order valence-corrected chi connectivity index (χ4v) is 2.32. The van der Waals surface area contributed by atoms with Crippen molar-refractivity contribution in [3.63, 3.8) is 0 Å². The van der Waals surface area contributed by atoms with Crippen molar-refractivity contribution in [1.82, 2.24) is 10.6 Å². The van der Waals surface area contributed by atoms with Crippen LogP contribution in [0.4, 0.5) is 13.2 Å². The van der Waals surface area contributed by atoms with E-state index in [0.717, 1.165) is 11.6 Å². The number of nitrogens with zero attached hydrogens (tertiary/aromatic N) is 1. The number of nitrogens with one attached hydrogen (secondary N) is 2. The Morgan fingerprint density at radius 2 is 1.40 bits per heavy atom. The molecule has 2 aromatic carbocycles. The Labute approximate surface area is 162 Å². The van der Waals surface area contributed by atoms with Crippen molar-refractivity contribution in [2.24, 2.45) is 4.99 Å². The highest BCUT2D eigenvalue weighted by Crippen LogP contribution is 2.08. The Hall–Kier alpha value is -1.77. The SMILES string of the molecule is CN=C(NCCc1cccc(F)c1)NCCc1cc(F)cc(F)c1.I. The molecule has 0 aliphatic heterocycles. The molecule has 0 bridgehead atoms. The molecule has 0 spiro atoms. The molecule has 2 rings (SSSR count). The van der Waals surface area contributed by atoms with E-state index in [2.05, 4.69) is 15.6 Å². The number of hydrogen-bond acceptors (Lipinski definition) is 1. The molecule has 0 fully saturated rings. The van der Waals surface area contributed by atoms with Crippen LogP contribution in [-0.4, -0.2) is 26.1 Å². The van der Waals surface area contributed by atoms with Crippen LogP contribution >= 0.6 is 24.0 Å². The highest BCUT2D eigenvalue weighted by Gasteiger charge is 2.02. The first-order valence-electron chi connectivity index (χ1n) is 7.71. The van der Waals surface area contributed by atoms with Gasteiger partial charge in [0.05, 0.1) is 0 Å². The topological polar surface area (TPSA) is 36.4 Å². The van der Waals surface area contributed by atoms with Gasteiger partial charge in [-0.2, -0.15) is 0 Å². The molecule has 0 atom stereocenters. The summed E-state index contributed by atoms with van der Waals surface area (Å²) in [6, 6.07) is 9.91. The van der Waals surface area contributed by atoms with E-state index in [1.165, 1.54) is 24.3 Å². The lowest BCUT2D eigenvalue weighted by Crippen LogP contribution is -2.39. The predicted octanol–water partition coefficient (Wildman–Crippen LogP) is 3.67. The number of aliphatic imine (C=N–C) groups is 1. The molecular weight excluding hydrogens is 442 g/mol. The van der Waals surface area contributed by atoms with Gasteiger partial charge in [-0.1, -0.05) is 12.1 Å². The van der Waals surface area contributed by atoms with E-state index >= 15 is 0 Å². The first kappa shape index (κ1) is 21.3. The fraction of sp³-hybridized carbons (Fsp3) is 0.278. The van der Waals surface area contributed by atoms with Gasteiger partial charge in [0.2, 0.25) is 0 Å². The third-order valence-electron chi connectivity index (χ3n) is 3.45. The van der Waals surface area contributed by atoms with Crippen LogP contribution in [0.3, 0.4) is 0 Å². The maximum absolute atomic E-state index is 13.1. The van der Waals surface area contributed by atoms with Crippen LogP contribution < -0.4 is 10.6 Å². The molecule has 3 nitrogen and oxygen atoms in total. The minimum absolute atomic E-state index is 0. The summed E-state index contributed by atoms with van der Waals surface area (Å²) in [5.74, 6) is -0.828. The van der Waals surface area contributed by atoms with Crippen LogP contribution in [-0.2, 0) is 12.8 Å². The summed E-state index contributed by atoms with van der Waals surface area (Å²) < 4.78 is 39.3. The summed E-state index contributed by atoms with van der Waals surface area (Å²) in [6.07, 6.45) is 1.13. The van der Waals surface area contributed by atoms with Gasteiger partial charge in [-0.15, -0.1) is 24.0 Å². The van der Waals surface area contributed by atoms with Gasteiger partial charge in [0.25, 0.3) is 0 Å². The zero-order valence-electron chi connectivity index (χ0n) is 13.9. The van der Waals surface area contributed by atoms with Crippen molar-refractivity contribution in [3.05, 3.63) is 71.0 Å². The van der Waals surface area contributed by atoms with Crippen molar-refractivity contribution in [3.8, 4) is 0 Å². The second-order valence-corrected chi connectivity index (χ2v) is 5.33. The van der Waals surface area contributed by atoms with Gasteiger partial charge in [-0.3, -0.25) is 4.99 Å². The average Bonchev–Trinajstić information content (AvgIpc) is 2.52. The minimum atomic E-state index is -0.581. The van der Waals surface area contributed by atoms with E-state index in [1.54, 1.807) is 13.1 Å². The number of rotatable bonds is 6. The number of guanidine groups is 1. The van der Waals surface area contributed by atoms with E-state index < -0.39 is 11.6 Å². The second kappa shape index (κ2) is 11.0. The van der Waals surface area contributed by atoms with Gasteiger partial charge in [-0.05, 0) is 48.2 Å². The molecule has 0 saturated carbocycles. The van der Waals surface area contributed by atoms with Crippen molar-refractivity contribution in [2.45, 2.75) is 12.8 Å². The van der Waals surface area contributed by atoms with Gasteiger partial charge >= 0.3 is 0 Å². The van der Waals surface area contributed by atoms with Gasteiger partial charge in [0.15, 0.2) is 5.96 Å². The molecule has 0 heterocycles. The van der Waals surface area contributed by atoms with Crippen LogP contribution in [0.15, 0.2) is 47.5 Å². The molecule has 0 aliphatic carbocycles. The van der Waals surface area contributed by atoms with Crippen LogP contribution in [0.1, 0.15) is 11.1 Å². The van der Waals surface area contributed by atoms with Crippen LogP contribution in [0, 0.1) is 17.5 Å². The highest BCUT2D eigenvalue weighted by molar-refractivity contribution is 14.0. The van der Waals surface area contributed by atoms with E-state index in [1.807, 2.05) is 6.07 Å². The lowest BCUT2D eigenvalue weighted by atomic mass is 10.1. The first-order valence-corrected chi connectivity index (χ1v) is 7.71. The molecular formula is C18H21F3IN3. The molecule has 2 N–H and O–H groups in total. The first-order chi connectivity index (χ1) is 11.6. The van der Waals surface area contributed by atoms with Crippen molar-refractivity contribution in [2.75, 3.05) is 20.1 Å². The minimum Gasteiger partial charge on any atom is -0.356 e. The Morgan fingerprint density at radius 3 is 1.96 bits per heavy atom. The number of halogens is 4. The lowest BCUT2D eigenvalue weighted by Gasteiger charge is -2.12. The summed E-state index contributed by atoms with van der Waals surface area (Å²) in [5.41, 5.74) is 1.48. The zero-order valence-corrected chi connectivity index (χ0v) is 16.2. The maximum atomic E-state index is 13.1. The Balaban J connectivity index is 0.00000312. The predicted molar refractivity (Wildman–Crippen MR) is 105 cm³/mol. The maximum Gasteiger partial charge on any atom is 0.190 e. The van der Waals surface area contributed by atoms with Crippen molar-refractivity contribution >= 4 is 29.9 Å². The molecule has 0 radical (unpaired) electrons. The number of benzene rings is 2. The van der Waals surface area contributed by atoms with Crippen LogP contribution in [0.2, 0.25) is 0 Å². The van der Waals surface area contributed by atoms with Crippen LogP contribution in [0.25, 0.3) is 0 Å². The summed E-state index contributed by atoms with van der Waals surface area (Å²) in [6.45, 7) is 1.08. The van der Waals surface area contributed by atoms with Gasteiger partial charge in [0.1, 0.15) is 17.5 Å². The van der Waals surface area contributed by atoms with Gasteiger partial charge < -0.3 is 10.6 Å². The quantitative estimate of drug-likeness (QED) is 0.390. The summed E-state index contributed by atoms with van der Waals surface area (Å²) >= 11 is 0. The largest absolute Gasteiger partial charge is 0.356 e. The highest BCUT2D eigenvalue weighted by atomic mass is 127. The summed E-state index contributed by atoms with van der Waals surface area (Å²) in [7, 11) is 1.64. The number of hydrogen-bond donors (Lipinski definition) is 2. The normalized spacial score (nSPS) is 11.0. The summed E-state index contributed by atoms with van der Waals surface area (Å²) in [5, 5.41) is 6.19. The third-order valence-corrected chi connectivity index (χ3v) is 3.45. The average molecular weight is 463 g/mol. The smallest absolute Gasteiger partial charge is 0.190 e. The summed E-state index contributed by atoms with van der Waals surface area (Å²) in [4.78, 5) is 4.08. The molecule has 0 unspecified atom stereocenters. The Bertz CT molecular complexity index is 687. The molecule has 0 aliphatic rings. The lowest BCUT2D eigenvalue weighted by molar-refractivity contribution is 0.579. The van der Waals surface area contributed by atoms with Crippen molar-refractivity contribution in [1.29, 1.82) is 0 Å². The Morgan fingerprint density at radius 1 is 0.840 bits per heavy atom. The molecule has 0 saturated heterocycles. The van der Waals surface area contributed by atoms with Crippen LogP contribution in [0.5, 0.6) is 0 Å². The molecule has 0 amide bonds. The van der Waals surface area contributed by atoms with Gasteiger partial charge in [-0.25, -0.2) is 13.2 Å². The molecule has 136 valence electrons. The van der Waals surface area contributed by atoms with E-state index in [-0.39, 0.29) is 29.8 Å². The van der Waals surface area contributed by atoms with E-state index in [0.29, 0.717) is 37.5 Å². The Kier molecular flexibility index (Phi) is 9.33. The molecule has 25 heavy (non-hydrogen) atoms. The monoisotopic (exact) mass is 463 g/mol. The molecule has 0 aromatic heterocycles.